The molecule has 0 unspecified atom stereocenters. The van der Waals surface area contributed by atoms with Crippen molar-refractivity contribution in [2.45, 2.75) is 56.7 Å². The van der Waals surface area contributed by atoms with Crippen LogP contribution in [0.4, 0.5) is 0 Å². The number of nitrogens with zero attached hydrogens (tertiary/aromatic N) is 2. The summed E-state index contributed by atoms with van der Waals surface area (Å²) in [5.74, 6) is -0.283. The summed E-state index contributed by atoms with van der Waals surface area (Å²) in [6, 6.07) is 6.29. The zero-order chi connectivity index (χ0) is 20.1. The first-order chi connectivity index (χ1) is 14.2. The number of hydrogen-bond donors (Lipinski definition) is 1. The number of furan rings is 1. The highest BCUT2D eigenvalue weighted by Crippen LogP contribution is 2.27. The molecule has 2 aromatic heterocycles. The molecule has 1 saturated heterocycles. The van der Waals surface area contributed by atoms with Gasteiger partial charge in [0, 0.05) is 37.2 Å². The summed E-state index contributed by atoms with van der Waals surface area (Å²) < 4.78 is 11.1. The van der Waals surface area contributed by atoms with Crippen LogP contribution in [0.15, 0.2) is 47.3 Å². The Morgan fingerprint density at radius 1 is 1.17 bits per heavy atom. The van der Waals surface area contributed by atoms with E-state index in [4.69, 9.17) is 9.15 Å². The second-order valence-corrected chi connectivity index (χ2v) is 7.75. The monoisotopic (exact) mass is 397 g/mol. The predicted molar refractivity (Wildman–Crippen MR) is 106 cm³/mol. The molecule has 7 heteroatoms. The van der Waals surface area contributed by atoms with E-state index in [1.165, 1.54) is 6.26 Å². The fourth-order valence-electron chi connectivity index (χ4n) is 4.22. The lowest BCUT2D eigenvalue weighted by atomic mass is 10.0. The van der Waals surface area contributed by atoms with E-state index in [0.717, 1.165) is 38.5 Å². The highest BCUT2D eigenvalue weighted by molar-refractivity contribution is 5.96. The molecule has 1 N–H and O–H groups in total. The molecule has 3 heterocycles. The van der Waals surface area contributed by atoms with Crippen molar-refractivity contribution in [2.75, 3.05) is 13.2 Å². The van der Waals surface area contributed by atoms with Gasteiger partial charge in [-0.1, -0.05) is 18.9 Å². The van der Waals surface area contributed by atoms with Gasteiger partial charge < -0.3 is 19.4 Å². The van der Waals surface area contributed by atoms with Crippen LogP contribution in [0, 0.1) is 0 Å². The molecule has 29 heavy (non-hydrogen) atoms. The number of aromatic nitrogens is 1. The molecule has 2 amide bonds. The largest absolute Gasteiger partial charge is 0.459 e. The second kappa shape index (κ2) is 9.22. The Labute approximate surface area is 170 Å². The third-order valence-corrected chi connectivity index (χ3v) is 5.68. The number of rotatable bonds is 7. The summed E-state index contributed by atoms with van der Waals surface area (Å²) in [5, 5.41) is 3.15. The van der Waals surface area contributed by atoms with Crippen molar-refractivity contribution in [3.8, 4) is 0 Å². The van der Waals surface area contributed by atoms with E-state index in [1.54, 1.807) is 35.5 Å². The van der Waals surface area contributed by atoms with Gasteiger partial charge in [0.05, 0.1) is 12.4 Å². The molecule has 2 fully saturated rings. The van der Waals surface area contributed by atoms with Crippen LogP contribution < -0.4 is 5.32 Å². The highest BCUT2D eigenvalue weighted by Gasteiger charge is 2.36. The van der Waals surface area contributed by atoms with E-state index >= 15 is 0 Å². The molecule has 0 spiro atoms. The maximum Gasteiger partial charge on any atom is 0.290 e. The van der Waals surface area contributed by atoms with Crippen molar-refractivity contribution in [2.24, 2.45) is 0 Å². The number of hydrogen-bond acceptors (Lipinski definition) is 5. The number of ether oxygens (including phenoxy) is 1. The molecular weight excluding hydrogens is 370 g/mol. The topological polar surface area (TPSA) is 84.7 Å². The van der Waals surface area contributed by atoms with Crippen molar-refractivity contribution < 1.29 is 18.7 Å². The van der Waals surface area contributed by atoms with Crippen LogP contribution in [0.25, 0.3) is 0 Å². The molecule has 0 aromatic carbocycles. The van der Waals surface area contributed by atoms with Crippen molar-refractivity contribution >= 4 is 11.8 Å². The number of pyridine rings is 1. The van der Waals surface area contributed by atoms with Crippen LogP contribution in [0.1, 0.15) is 60.7 Å². The van der Waals surface area contributed by atoms with Gasteiger partial charge >= 0.3 is 0 Å². The van der Waals surface area contributed by atoms with Crippen molar-refractivity contribution in [1.82, 2.24) is 15.2 Å². The van der Waals surface area contributed by atoms with Crippen molar-refractivity contribution in [3.05, 3.63) is 54.2 Å². The van der Waals surface area contributed by atoms with Gasteiger partial charge in [-0.15, -0.1) is 0 Å². The lowest BCUT2D eigenvalue weighted by Gasteiger charge is -2.33. The van der Waals surface area contributed by atoms with Crippen LogP contribution in [-0.4, -0.2) is 47.0 Å². The molecule has 1 aliphatic carbocycles. The Hall–Kier alpha value is -2.67. The summed E-state index contributed by atoms with van der Waals surface area (Å²) in [4.78, 5) is 32.5. The SMILES string of the molecule is O=C(NC1CCCC1)[C@H](c1cccnc1)N(C[C@@H]1CCCO1)C(=O)c1ccco1. The Balaban J connectivity index is 1.65. The molecule has 1 aliphatic heterocycles. The standard InChI is InChI=1S/C22H27N3O4/c26-21(24-17-7-1-2-8-17)20(16-6-3-11-23-14-16)25(15-18-9-4-12-28-18)22(27)19-10-5-13-29-19/h3,5-6,10-11,13-14,17-18,20H,1-2,4,7-9,12,15H2,(H,24,26)/t18-,20-/m0/s1. The summed E-state index contributed by atoms with van der Waals surface area (Å²) >= 11 is 0. The lowest BCUT2D eigenvalue weighted by Crippen LogP contribution is -2.48. The summed E-state index contributed by atoms with van der Waals surface area (Å²) in [7, 11) is 0. The molecule has 0 bridgehead atoms. The van der Waals surface area contributed by atoms with Crippen LogP contribution in [0.3, 0.4) is 0 Å². The van der Waals surface area contributed by atoms with Gasteiger partial charge in [0.25, 0.3) is 5.91 Å². The Morgan fingerprint density at radius 2 is 2.03 bits per heavy atom. The predicted octanol–water partition coefficient (Wildman–Crippen LogP) is 3.10. The molecule has 7 nitrogen and oxygen atoms in total. The molecule has 2 aliphatic rings. The van der Waals surface area contributed by atoms with E-state index in [2.05, 4.69) is 10.3 Å². The van der Waals surface area contributed by atoms with Crippen molar-refractivity contribution in [3.63, 3.8) is 0 Å². The van der Waals surface area contributed by atoms with E-state index in [9.17, 15) is 9.59 Å². The first-order valence-electron chi connectivity index (χ1n) is 10.4. The fraction of sp³-hybridized carbons (Fsp3) is 0.500. The van der Waals surface area contributed by atoms with Crippen LogP contribution >= 0.6 is 0 Å². The number of carbonyl (C=O) groups is 2. The highest BCUT2D eigenvalue weighted by atomic mass is 16.5. The van der Waals surface area contributed by atoms with Gasteiger partial charge in [-0.05, 0) is 43.9 Å². The smallest absolute Gasteiger partial charge is 0.290 e. The maximum atomic E-state index is 13.4. The molecular formula is C22H27N3O4. The Bertz CT molecular complexity index is 797. The molecule has 2 atom stereocenters. The normalized spacial score (nSPS) is 20.5. The fourth-order valence-corrected chi connectivity index (χ4v) is 4.22. The lowest BCUT2D eigenvalue weighted by molar-refractivity contribution is -0.127. The van der Waals surface area contributed by atoms with Crippen LogP contribution in [0.5, 0.6) is 0 Å². The zero-order valence-corrected chi connectivity index (χ0v) is 16.5. The Morgan fingerprint density at radius 3 is 2.69 bits per heavy atom. The minimum Gasteiger partial charge on any atom is -0.459 e. The average Bonchev–Trinajstić information content (AvgIpc) is 3.51. The first-order valence-corrected chi connectivity index (χ1v) is 10.4. The molecule has 4 rings (SSSR count). The van der Waals surface area contributed by atoms with E-state index < -0.39 is 6.04 Å². The van der Waals surface area contributed by atoms with Gasteiger partial charge in [0.1, 0.15) is 6.04 Å². The third-order valence-electron chi connectivity index (χ3n) is 5.68. The second-order valence-electron chi connectivity index (χ2n) is 7.75. The van der Waals surface area contributed by atoms with Gasteiger partial charge in [-0.25, -0.2) is 0 Å². The Kier molecular flexibility index (Phi) is 6.24. The summed E-state index contributed by atoms with van der Waals surface area (Å²) in [5.41, 5.74) is 0.681. The summed E-state index contributed by atoms with van der Waals surface area (Å²) in [6.45, 7) is 1.01. The third kappa shape index (κ3) is 4.67. The molecule has 1 saturated carbocycles. The van der Waals surface area contributed by atoms with E-state index in [0.29, 0.717) is 18.7 Å². The number of nitrogens with one attached hydrogen (secondary N) is 1. The molecule has 0 radical (unpaired) electrons. The summed E-state index contributed by atoms with van der Waals surface area (Å²) in [6.07, 6.45) is 10.7. The van der Waals surface area contributed by atoms with Gasteiger partial charge in [-0.2, -0.15) is 0 Å². The number of amides is 2. The quantitative estimate of drug-likeness (QED) is 0.776. The van der Waals surface area contributed by atoms with Crippen molar-refractivity contribution in [1.29, 1.82) is 0 Å². The van der Waals surface area contributed by atoms with Gasteiger partial charge in [0.15, 0.2) is 5.76 Å². The van der Waals surface area contributed by atoms with E-state index in [-0.39, 0.29) is 29.7 Å². The average molecular weight is 397 g/mol. The first kappa shape index (κ1) is 19.6. The zero-order valence-electron chi connectivity index (χ0n) is 16.5. The minimum absolute atomic E-state index is 0.0904. The van der Waals surface area contributed by atoms with Gasteiger partial charge in [-0.3, -0.25) is 14.6 Å². The molecule has 154 valence electrons. The maximum absolute atomic E-state index is 13.4. The van der Waals surface area contributed by atoms with Crippen LogP contribution in [-0.2, 0) is 9.53 Å². The van der Waals surface area contributed by atoms with Gasteiger partial charge in [0.2, 0.25) is 5.91 Å². The van der Waals surface area contributed by atoms with Crippen LogP contribution in [0.2, 0.25) is 0 Å². The number of carbonyl (C=O) groups excluding carboxylic acids is 2. The minimum atomic E-state index is -0.786. The van der Waals surface area contributed by atoms with E-state index in [1.807, 2.05) is 6.07 Å². The molecule has 2 aromatic rings.